The molecule has 1 N–H and O–H groups in total. The molecule has 0 spiro atoms. The summed E-state index contributed by atoms with van der Waals surface area (Å²) in [5.41, 5.74) is 2.14. The fourth-order valence-corrected chi connectivity index (χ4v) is 2.42. The zero-order valence-corrected chi connectivity index (χ0v) is 15.0. The second kappa shape index (κ2) is 6.83. The first-order valence-electron chi connectivity index (χ1n) is 7.97. The number of aryl methyl sites for hydroxylation is 1. The van der Waals surface area contributed by atoms with E-state index in [0.29, 0.717) is 17.1 Å². The van der Waals surface area contributed by atoms with Crippen molar-refractivity contribution in [3.05, 3.63) is 53.5 Å². The first-order chi connectivity index (χ1) is 12.4. The van der Waals surface area contributed by atoms with Crippen molar-refractivity contribution in [3.8, 4) is 11.3 Å². The lowest BCUT2D eigenvalue weighted by Crippen LogP contribution is -2.24. The van der Waals surface area contributed by atoms with Crippen LogP contribution in [0.4, 0.5) is 5.69 Å². The minimum Gasteiger partial charge on any atom is -0.355 e. The molecule has 8 heteroatoms. The van der Waals surface area contributed by atoms with Gasteiger partial charge < -0.3 is 14.7 Å². The minimum absolute atomic E-state index is 0.121. The number of hydrogen-bond acceptors (Lipinski definition) is 5. The topological polar surface area (TPSA) is 93.3 Å². The Bertz CT molecular complexity index is 957. The summed E-state index contributed by atoms with van der Waals surface area (Å²) >= 11 is 0. The lowest BCUT2D eigenvalue weighted by molar-refractivity contribution is 0.0822. The Morgan fingerprint density at radius 3 is 2.54 bits per heavy atom. The van der Waals surface area contributed by atoms with E-state index in [1.165, 1.54) is 4.90 Å². The molecule has 134 valence electrons. The van der Waals surface area contributed by atoms with Crippen LogP contribution in [-0.2, 0) is 7.05 Å². The van der Waals surface area contributed by atoms with E-state index in [0.717, 1.165) is 5.56 Å². The van der Waals surface area contributed by atoms with Gasteiger partial charge in [-0.3, -0.25) is 14.3 Å². The Labute approximate surface area is 150 Å². The van der Waals surface area contributed by atoms with Crippen molar-refractivity contribution in [1.82, 2.24) is 19.8 Å². The Morgan fingerprint density at radius 1 is 1.19 bits per heavy atom. The summed E-state index contributed by atoms with van der Waals surface area (Å²) in [4.78, 5) is 26.3. The molecular formula is C18H19N5O3. The van der Waals surface area contributed by atoms with E-state index in [-0.39, 0.29) is 17.3 Å². The van der Waals surface area contributed by atoms with E-state index in [2.05, 4.69) is 15.6 Å². The van der Waals surface area contributed by atoms with Crippen molar-refractivity contribution < 1.29 is 14.1 Å². The summed E-state index contributed by atoms with van der Waals surface area (Å²) in [6.45, 7) is 1.77. The second-order valence-electron chi connectivity index (χ2n) is 6.03. The van der Waals surface area contributed by atoms with Crippen LogP contribution in [0.3, 0.4) is 0 Å². The van der Waals surface area contributed by atoms with E-state index in [1.54, 1.807) is 38.8 Å². The molecule has 0 saturated carbocycles. The number of carbonyl (C=O) groups excluding carboxylic acids is 2. The van der Waals surface area contributed by atoms with Crippen LogP contribution in [0.1, 0.15) is 26.7 Å². The summed E-state index contributed by atoms with van der Waals surface area (Å²) in [5, 5.41) is 10.7. The molecule has 0 aliphatic rings. The highest BCUT2D eigenvalue weighted by molar-refractivity contribution is 6.08. The summed E-state index contributed by atoms with van der Waals surface area (Å²) < 4.78 is 6.80. The molecule has 1 aromatic carbocycles. The quantitative estimate of drug-likeness (QED) is 0.777. The van der Waals surface area contributed by atoms with Gasteiger partial charge in [0.25, 0.3) is 11.8 Å². The van der Waals surface area contributed by atoms with Gasteiger partial charge in [-0.25, -0.2) is 0 Å². The fourth-order valence-electron chi connectivity index (χ4n) is 2.42. The highest BCUT2D eigenvalue weighted by Gasteiger charge is 2.24. The van der Waals surface area contributed by atoms with Crippen molar-refractivity contribution in [3.63, 3.8) is 0 Å². The number of nitrogens with one attached hydrogen (secondary N) is 1. The van der Waals surface area contributed by atoms with Gasteiger partial charge in [0.05, 0.1) is 11.4 Å². The maximum absolute atomic E-state index is 12.6. The molecule has 2 aromatic heterocycles. The maximum Gasteiger partial charge on any atom is 0.277 e. The first kappa shape index (κ1) is 17.4. The van der Waals surface area contributed by atoms with Gasteiger partial charge in [-0.05, 0) is 6.92 Å². The van der Waals surface area contributed by atoms with Crippen molar-refractivity contribution in [2.75, 3.05) is 19.4 Å². The SMILES string of the molecule is Cc1c(NC(=O)c2cc(-c3ccccc3)on2)c(C(=O)N(C)C)nn1C. The normalized spacial score (nSPS) is 10.6. The summed E-state index contributed by atoms with van der Waals surface area (Å²) in [6, 6.07) is 10.9. The number of amides is 2. The van der Waals surface area contributed by atoms with Crippen LogP contribution in [0.15, 0.2) is 40.9 Å². The molecule has 3 rings (SSSR count). The first-order valence-corrected chi connectivity index (χ1v) is 7.97. The van der Waals surface area contributed by atoms with E-state index < -0.39 is 5.91 Å². The molecule has 0 bridgehead atoms. The highest BCUT2D eigenvalue weighted by atomic mass is 16.5. The predicted molar refractivity (Wildman–Crippen MR) is 95.9 cm³/mol. The van der Waals surface area contributed by atoms with Crippen LogP contribution >= 0.6 is 0 Å². The number of aromatic nitrogens is 3. The summed E-state index contributed by atoms with van der Waals surface area (Å²) in [5.74, 6) is -0.280. The molecule has 0 atom stereocenters. The van der Waals surface area contributed by atoms with Crippen LogP contribution in [-0.4, -0.2) is 45.7 Å². The van der Waals surface area contributed by atoms with Crippen LogP contribution in [0, 0.1) is 6.92 Å². The van der Waals surface area contributed by atoms with Crippen LogP contribution in [0.2, 0.25) is 0 Å². The van der Waals surface area contributed by atoms with Gasteiger partial charge in [0.15, 0.2) is 17.1 Å². The van der Waals surface area contributed by atoms with Gasteiger partial charge in [-0.1, -0.05) is 35.5 Å². The average Bonchev–Trinajstić information content (AvgIpc) is 3.23. The standard InChI is InChI=1S/C18H19N5O3/c1-11-15(16(20-23(11)4)18(25)22(2)3)19-17(24)13-10-14(26-21-13)12-8-6-5-7-9-12/h5-10H,1-4H3,(H,19,24). The molecule has 0 fully saturated rings. The van der Waals surface area contributed by atoms with Crippen molar-refractivity contribution in [1.29, 1.82) is 0 Å². The number of anilines is 1. The molecule has 0 unspecified atom stereocenters. The third-order valence-electron chi connectivity index (χ3n) is 3.98. The van der Waals surface area contributed by atoms with Gasteiger partial charge in [0.2, 0.25) is 0 Å². The monoisotopic (exact) mass is 353 g/mol. The van der Waals surface area contributed by atoms with Gasteiger partial charge in [0, 0.05) is 32.8 Å². The zero-order valence-electron chi connectivity index (χ0n) is 15.0. The molecular weight excluding hydrogens is 334 g/mol. The molecule has 0 radical (unpaired) electrons. The lowest BCUT2D eigenvalue weighted by Gasteiger charge is -2.10. The van der Waals surface area contributed by atoms with Gasteiger partial charge >= 0.3 is 0 Å². The fraction of sp³-hybridized carbons (Fsp3) is 0.222. The molecule has 8 nitrogen and oxygen atoms in total. The maximum atomic E-state index is 12.6. The lowest BCUT2D eigenvalue weighted by atomic mass is 10.1. The number of benzene rings is 1. The molecule has 0 aliphatic heterocycles. The molecule has 0 saturated heterocycles. The van der Waals surface area contributed by atoms with Crippen molar-refractivity contribution in [2.45, 2.75) is 6.92 Å². The Balaban J connectivity index is 1.87. The molecule has 2 heterocycles. The molecule has 3 aromatic rings. The van der Waals surface area contributed by atoms with E-state index in [1.807, 2.05) is 30.3 Å². The predicted octanol–water partition coefficient (Wildman–Crippen LogP) is 2.34. The summed E-state index contributed by atoms with van der Waals surface area (Å²) in [7, 11) is 4.96. The zero-order chi connectivity index (χ0) is 18.8. The average molecular weight is 353 g/mol. The molecule has 26 heavy (non-hydrogen) atoms. The third-order valence-corrected chi connectivity index (χ3v) is 3.98. The van der Waals surface area contributed by atoms with Crippen molar-refractivity contribution in [2.24, 2.45) is 7.05 Å². The third kappa shape index (κ3) is 3.21. The number of carbonyl (C=O) groups is 2. The van der Waals surface area contributed by atoms with Crippen molar-refractivity contribution >= 4 is 17.5 Å². The van der Waals surface area contributed by atoms with E-state index in [4.69, 9.17) is 4.52 Å². The van der Waals surface area contributed by atoms with Crippen LogP contribution in [0.25, 0.3) is 11.3 Å². The van der Waals surface area contributed by atoms with Gasteiger partial charge in [-0.15, -0.1) is 0 Å². The Kier molecular flexibility index (Phi) is 4.57. The number of hydrogen-bond donors (Lipinski definition) is 1. The van der Waals surface area contributed by atoms with Gasteiger partial charge in [-0.2, -0.15) is 5.10 Å². The highest BCUT2D eigenvalue weighted by Crippen LogP contribution is 2.23. The smallest absolute Gasteiger partial charge is 0.277 e. The van der Waals surface area contributed by atoms with Crippen LogP contribution < -0.4 is 5.32 Å². The Morgan fingerprint density at radius 2 is 1.88 bits per heavy atom. The number of nitrogens with zero attached hydrogens (tertiary/aromatic N) is 4. The summed E-state index contributed by atoms with van der Waals surface area (Å²) in [6.07, 6.45) is 0. The number of rotatable bonds is 4. The van der Waals surface area contributed by atoms with E-state index in [9.17, 15) is 9.59 Å². The van der Waals surface area contributed by atoms with Crippen LogP contribution in [0.5, 0.6) is 0 Å². The Hall–Kier alpha value is -3.42. The second-order valence-corrected chi connectivity index (χ2v) is 6.03. The largest absolute Gasteiger partial charge is 0.355 e. The van der Waals surface area contributed by atoms with E-state index >= 15 is 0 Å². The molecule has 2 amide bonds. The molecule has 0 aliphatic carbocycles. The van der Waals surface area contributed by atoms with Gasteiger partial charge in [0.1, 0.15) is 0 Å². The minimum atomic E-state index is -0.472.